The van der Waals surface area contributed by atoms with Crippen LogP contribution in [-0.2, 0) is 4.79 Å². The zero-order valence-electron chi connectivity index (χ0n) is 16.9. The van der Waals surface area contributed by atoms with Gasteiger partial charge in [0.05, 0.1) is 26.9 Å². The Bertz CT molecular complexity index is 872. The van der Waals surface area contributed by atoms with Gasteiger partial charge in [0.25, 0.3) is 0 Å². The maximum absolute atomic E-state index is 12.0. The van der Waals surface area contributed by atoms with Gasteiger partial charge in [-0.25, -0.2) is 0 Å². The molecule has 2 unspecified atom stereocenters. The zero-order valence-corrected chi connectivity index (χ0v) is 17.6. The summed E-state index contributed by atoms with van der Waals surface area (Å²) in [6, 6.07) is 9.96. The second-order valence-electron chi connectivity index (χ2n) is 6.86. The summed E-state index contributed by atoms with van der Waals surface area (Å²) in [5, 5.41) is 10.4. The predicted octanol–water partition coefficient (Wildman–Crippen LogP) is 4.39. The lowest BCUT2D eigenvalue weighted by atomic mass is 9.94. The fourth-order valence-electron chi connectivity index (χ4n) is 3.96. The van der Waals surface area contributed by atoms with Crippen LogP contribution < -0.4 is 14.2 Å². The molecule has 0 saturated carbocycles. The number of halogens is 1. The first-order valence-electron chi connectivity index (χ1n) is 9.62. The predicted molar refractivity (Wildman–Crippen MR) is 111 cm³/mol. The first-order chi connectivity index (χ1) is 14.0. The molecule has 0 amide bonds. The van der Waals surface area contributed by atoms with Crippen molar-refractivity contribution in [1.82, 2.24) is 4.90 Å². The lowest BCUT2D eigenvalue weighted by Crippen LogP contribution is -2.39. The first kappa shape index (κ1) is 21.3. The van der Waals surface area contributed by atoms with Crippen LogP contribution in [0.3, 0.4) is 0 Å². The average Bonchev–Trinajstić information content (AvgIpc) is 3.20. The minimum Gasteiger partial charge on any atom is -0.497 e. The quantitative estimate of drug-likeness (QED) is 0.684. The van der Waals surface area contributed by atoms with Crippen molar-refractivity contribution in [3.05, 3.63) is 52.5 Å². The number of benzene rings is 2. The minimum absolute atomic E-state index is 0.413. The van der Waals surface area contributed by atoms with E-state index < -0.39 is 18.1 Å². The molecule has 2 aromatic carbocycles. The fourth-order valence-corrected chi connectivity index (χ4v) is 4.14. The van der Waals surface area contributed by atoms with Crippen molar-refractivity contribution >= 4 is 17.6 Å². The third-order valence-corrected chi connectivity index (χ3v) is 5.44. The van der Waals surface area contributed by atoms with E-state index in [0.717, 1.165) is 17.5 Å². The first-order valence-corrected chi connectivity index (χ1v) is 10.0. The lowest BCUT2D eigenvalue weighted by Gasteiger charge is -2.34. The van der Waals surface area contributed by atoms with Gasteiger partial charge in [0.15, 0.2) is 0 Å². The van der Waals surface area contributed by atoms with E-state index in [9.17, 15) is 9.90 Å². The largest absolute Gasteiger partial charge is 0.497 e. The Balaban J connectivity index is 2.24. The number of methoxy groups -OCH3 is 2. The van der Waals surface area contributed by atoms with Gasteiger partial charge in [0.2, 0.25) is 0 Å². The van der Waals surface area contributed by atoms with Gasteiger partial charge in [0, 0.05) is 22.7 Å². The Kier molecular flexibility index (Phi) is 6.87. The average molecular weight is 420 g/mol. The lowest BCUT2D eigenvalue weighted by molar-refractivity contribution is -0.142. The molecule has 29 heavy (non-hydrogen) atoms. The Morgan fingerprint density at radius 1 is 1.17 bits per heavy atom. The molecule has 2 aromatic rings. The number of hydrogen-bond donors (Lipinski definition) is 1. The number of carboxylic acids is 1. The van der Waals surface area contributed by atoms with Gasteiger partial charge in [0.1, 0.15) is 23.3 Å². The topological polar surface area (TPSA) is 68.2 Å². The van der Waals surface area contributed by atoms with E-state index in [0.29, 0.717) is 41.8 Å². The van der Waals surface area contributed by atoms with Crippen molar-refractivity contribution < 1.29 is 24.1 Å². The van der Waals surface area contributed by atoms with Crippen molar-refractivity contribution in [2.24, 2.45) is 0 Å². The summed E-state index contributed by atoms with van der Waals surface area (Å²) in [4.78, 5) is 14.0. The summed E-state index contributed by atoms with van der Waals surface area (Å²) in [6.07, 6.45) is 1.38. The molecule has 0 spiro atoms. The summed E-state index contributed by atoms with van der Waals surface area (Å²) < 4.78 is 16.9. The van der Waals surface area contributed by atoms with Crippen LogP contribution >= 0.6 is 11.6 Å². The highest BCUT2D eigenvalue weighted by Crippen LogP contribution is 2.44. The number of carbonyl (C=O) groups is 1. The highest BCUT2D eigenvalue weighted by atomic mass is 35.5. The van der Waals surface area contributed by atoms with Crippen LogP contribution in [0, 0.1) is 0 Å². The number of likely N-dealkylation sites (tertiary alicyclic amines) is 1. The van der Waals surface area contributed by atoms with Crippen LogP contribution in [-0.4, -0.2) is 49.4 Å². The second-order valence-corrected chi connectivity index (χ2v) is 7.30. The Morgan fingerprint density at radius 3 is 2.55 bits per heavy atom. The van der Waals surface area contributed by atoms with E-state index in [2.05, 4.69) is 0 Å². The smallest absolute Gasteiger partial charge is 0.320 e. The van der Waals surface area contributed by atoms with E-state index in [4.69, 9.17) is 25.8 Å². The van der Waals surface area contributed by atoms with Crippen molar-refractivity contribution in [3.63, 3.8) is 0 Å². The van der Waals surface area contributed by atoms with Crippen LogP contribution in [0.15, 0.2) is 36.4 Å². The van der Waals surface area contributed by atoms with E-state index in [1.165, 1.54) is 0 Å². The van der Waals surface area contributed by atoms with Crippen LogP contribution in [0.1, 0.15) is 36.9 Å². The van der Waals surface area contributed by atoms with Crippen molar-refractivity contribution in [3.8, 4) is 17.2 Å². The molecule has 156 valence electrons. The molecule has 0 aliphatic carbocycles. The number of carboxylic acid groups (broad SMARTS) is 1. The summed E-state index contributed by atoms with van der Waals surface area (Å²) in [5.74, 6) is 1.14. The maximum atomic E-state index is 12.0. The molecule has 0 aromatic heterocycles. The summed E-state index contributed by atoms with van der Waals surface area (Å²) >= 11 is 6.34. The molecule has 7 heteroatoms. The molecule has 1 saturated heterocycles. The number of nitrogens with zero attached hydrogens (tertiary/aromatic N) is 1. The normalized spacial score (nSPS) is 17.7. The standard InChI is InChI=1S/C22H26ClNO5/c1-4-29-20-9-7-14(23)12-16(20)21(24-11-5-6-18(24)22(25)26)17-13-15(27-2)8-10-19(17)28-3/h7-10,12-13,18,21H,4-6,11H2,1-3H3,(H,25,26). The molecule has 6 nitrogen and oxygen atoms in total. The number of hydrogen-bond acceptors (Lipinski definition) is 5. The third-order valence-electron chi connectivity index (χ3n) is 5.21. The van der Waals surface area contributed by atoms with Crippen LogP contribution in [0.4, 0.5) is 0 Å². The van der Waals surface area contributed by atoms with E-state index in [1.807, 2.05) is 42.2 Å². The van der Waals surface area contributed by atoms with Gasteiger partial charge in [-0.05, 0) is 56.2 Å². The summed E-state index contributed by atoms with van der Waals surface area (Å²) in [7, 11) is 3.20. The van der Waals surface area contributed by atoms with Crippen molar-refractivity contribution in [1.29, 1.82) is 0 Å². The Hall–Kier alpha value is -2.44. The van der Waals surface area contributed by atoms with E-state index in [-0.39, 0.29) is 0 Å². The van der Waals surface area contributed by atoms with Crippen LogP contribution in [0.25, 0.3) is 0 Å². The molecule has 1 fully saturated rings. The zero-order chi connectivity index (χ0) is 21.0. The highest BCUT2D eigenvalue weighted by molar-refractivity contribution is 6.30. The third kappa shape index (κ3) is 4.43. The van der Waals surface area contributed by atoms with Gasteiger partial charge in [-0.1, -0.05) is 11.6 Å². The summed E-state index contributed by atoms with van der Waals surface area (Å²) in [6.45, 7) is 3.04. The number of aliphatic carboxylic acids is 1. The molecular formula is C22H26ClNO5. The van der Waals surface area contributed by atoms with Gasteiger partial charge < -0.3 is 19.3 Å². The van der Waals surface area contributed by atoms with Crippen LogP contribution in [0.2, 0.25) is 5.02 Å². The van der Waals surface area contributed by atoms with Crippen LogP contribution in [0.5, 0.6) is 17.2 Å². The van der Waals surface area contributed by atoms with Crippen molar-refractivity contribution in [2.45, 2.75) is 31.8 Å². The maximum Gasteiger partial charge on any atom is 0.320 e. The fraction of sp³-hybridized carbons (Fsp3) is 0.409. The molecule has 1 aliphatic rings. The number of ether oxygens (including phenoxy) is 3. The molecule has 3 rings (SSSR count). The molecule has 1 N–H and O–H groups in total. The van der Waals surface area contributed by atoms with Gasteiger partial charge in [-0.15, -0.1) is 0 Å². The highest BCUT2D eigenvalue weighted by Gasteiger charge is 2.39. The number of rotatable bonds is 8. The van der Waals surface area contributed by atoms with Gasteiger partial charge >= 0.3 is 5.97 Å². The molecule has 0 radical (unpaired) electrons. The molecule has 1 aliphatic heterocycles. The van der Waals surface area contributed by atoms with Crippen molar-refractivity contribution in [2.75, 3.05) is 27.4 Å². The second kappa shape index (κ2) is 9.37. The summed E-state index contributed by atoms with van der Waals surface area (Å²) in [5.41, 5.74) is 1.61. The van der Waals surface area contributed by atoms with E-state index in [1.54, 1.807) is 20.3 Å². The van der Waals surface area contributed by atoms with Gasteiger partial charge in [-0.3, -0.25) is 9.69 Å². The monoisotopic (exact) mass is 419 g/mol. The minimum atomic E-state index is -0.839. The molecule has 0 bridgehead atoms. The van der Waals surface area contributed by atoms with E-state index >= 15 is 0 Å². The SMILES string of the molecule is CCOc1ccc(Cl)cc1C(c1cc(OC)ccc1OC)N1CCCC1C(=O)O. The molecule has 1 heterocycles. The van der Waals surface area contributed by atoms with Gasteiger partial charge in [-0.2, -0.15) is 0 Å². The molecular weight excluding hydrogens is 394 g/mol. The Morgan fingerprint density at radius 2 is 1.90 bits per heavy atom. The Labute approximate surface area is 175 Å². The molecule has 2 atom stereocenters.